The van der Waals surface area contributed by atoms with Crippen LogP contribution in [0, 0.1) is 5.82 Å². The van der Waals surface area contributed by atoms with E-state index in [1.807, 2.05) is 0 Å². The molecular weight excluding hydrogens is 402 g/mol. The van der Waals surface area contributed by atoms with E-state index in [9.17, 15) is 27.2 Å². The fraction of sp³-hybridized carbons (Fsp3) is 0.286. The number of benzene rings is 2. The molecule has 1 aliphatic rings. The van der Waals surface area contributed by atoms with Gasteiger partial charge in [-0.05, 0) is 55.2 Å². The molecule has 1 N–H and O–H groups in total. The molecule has 1 aromatic heterocycles. The minimum Gasteiger partial charge on any atom is -0.273 e. The highest BCUT2D eigenvalue weighted by atomic mass is 19.4. The van der Waals surface area contributed by atoms with Crippen molar-refractivity contribution in [2.75, 3.05) is 5.43 Å². The lowest BCUT2D eigenvalue weighted by atomic mass is 10.1. The largest absolute Gasteiger partial charge is 0.416 e. The number of rotatable bonds is 5. The van der Waals surface area contributed by atoms with Crippen LogP contribution < -0.4 is 11.0 Å². The van der Waals surface area contributed by atoms with Crippen LogP contribution in [0.1, 0.15) is 42.1 Å². The summed E-state index contributed by atoms with van der Waals surface area (Å²) in [5.41, 5.74) is 1.74. The van der Waals surface area contributed by atoms with Gasteiger partial charge in [0.25, 0.3) is 5.56 Å². The first kappa shape index (κ1) is 20.1. The van der Waals surface area contributed by atoms with Crippen LogP contribution in [0.2, 0.25) is 0 Å². The van der Waals surface area contributed by atoms with Crippen LogP contribution in [0.4, 0.5) is 17.6 Å². The molecule has 0 saturated heterocycles. The average Bonchev–Trinajstić information content (AvgIpc) is 3.53. The van der Waals surface area contributed by atoms with Gasteiger partial charge in [0.15, 0.2) is 0 Å². The summed E-state index contributed by atoms with van der Waals surface area (Å²) in [7, 11) is 0. The third kappa shape index (κ3) is 4.19. The Hall–Kier alpha value is -3.23. The van der Waals surface area contributed by atoms with Crippen molar-refractivity contribution in [3.8, 4) is 0 Å². The maximum Gasteiger partial charge on any atom is 0.416 e. The SMILES string of the molecule is O=C(CCc1ccc(F)cc1)Nn1c(C2CC2)nc2cc(C(F)(F)F)ccc2c1=O. The molecule has 3 aromatic rings. The number of hydrogen-bond donors (Lipinski definition) is 1. The van der Waals surface area contributed by atoms with Gasteiger partial charge in [-0.3, -0.25) is 15.0 Å². The molecule has 1 amide bonds. The minimum absolute atomic E-state index is 0.00812. The lowest BCUT2D eigenvalue weighted by Gasteiger charge is -2.15. The van der Waals surface area contributed by atoms with Crippen LogP contribution in [0.15, 0.2) is 47.3 Å². The van der Waals surface area contributed by atoms with Gasteiger partial charge in [0.2, 0.25) is 5.91 Å². The Labute approximate surface area is 168 Å². The molecule has 1 saturated carbocycles. The summed E-state index contributed by atoms with van der Waals surface area (Å²) in [6, 6.07) is 8.48. The van der Waals surface area contributed by atoms with Crippen LogP contribution in [0.25, 0.3) is 10.9 Å². The molecule has 156 valence electrons. The zero-order chi connectivity index (χ0) is 21.5. The molecule has 0 atom stereocenters. The van der Waals surface area contributed by atoms with Crippen molar-refractivity contribution >= 4 is 16.8 Å². The number of hydrogen-bond acceptors (Lipinski definition) is 3. The predicted molar refractivity (Wildman–Crippen MR) is 102 cm³/mol. The number of carbonyl (C=O) groups excluding carboxylic acids is 1. The zero-order valence-electron chi connectivity index (χ0n) is 15.7. The average molecular weight is 419 g/mol. The summed E-state index contributed by atoms with van der Waals surface area (Å²) >= 11 is 0. The van der Waals surface area contributed by atoms with Crippen molar-refractivity contribution in [3.05, 3.63) is 75.6 Å². The predicted octanol–water partition coefficient (Wildman–Crippen LogP) is 4.13. The lowest BCUT2D eigenvalue weighted by Crippen LogP contribution is -2.36. The van der Waals surface area contributed by atoms with Gasteiger partial charge in [0.05, 0.1) is 16.5 Å². The van der Waals surface area contributed by atoms with Crippen molar-refractivity contribution in [1.29, 1.82) is 0 Å². The molecule has 5 nitrogen and oxygen atoms in total. The highest BCUT2D eigenvalue weighted by molar-refractivity contribution is 5.85. The first-order valence-corrected chi connectivity index (χ1v) is 9.40. The van der Waals surface area contributed by atoms with E-state index >= 15 is 0 Å². The summed E-state index contributed by atoms with van der Waals surface area (Å²) in [6.07, 6.45) is -2.67. The Kier molecular flexibility index (Phi) is 5.05. The summed E-state index contributed by atoms with van der Waals surface area (Å²) in [5, 5.41) is -0.00812. The summed E-state index contributed by atoms with van der Waals surface area (Å²) < 4.78 is 53.0. The number of amides is 1. The van der Waals surface area contributed by atoms with E-state index in [0.717, 1.165) is 41.3 Å². The Morgan fingerprint density at radius 3 is 2.47 bits per heavy atom. The number of aryl methyl sites for hydroxylation is 1. The third-order valence-electron chi connectivity index (χ3n) is 4.96. The van der Waals surface area contributed by atoms with E-state index in [2.05, 4.69) is 10.4 Å². The van der Waals surface area contributed by atoms with Crippen molar-refractivity contribution < 1.29 is 22.4 Å². The number of carbonyl (C=O) groups is 1. The van der Waals surface area contributed by atoms with E-state index in [1.165, 1.54) is 12.1 Å². The van der Waals surface area contributed by atoms with Crippen LogP contribution >= 0.6 is 0 Å². The maximum absolute atomic E-state index is 13.0. The van der Waals surface area contributed by atoms with Gasteiger partial charge >= 0.3 is 6.18 Å². The van der Waals surface area contributed by atoms with Gasteiger partial charge in [-0.25, -0.2) is 14.1 Å². The molecule has 2 aromatic carbocycles. The number of nitrogens with zero attached hydrogens (tertiary/aromatic N) is 2. The first-order valence-electron chi connectivity index (χ1n) is 9.40. The summed E-state index contributed by atoms with van der Waals surface area (Å²) in [4.78, 5) is 29.5. The van der Waals surface area contributed by atoms with E-state index in [1.54, 1.807) is 12.1 Å². The molecule has 0 radical (unpaired) electrons. The first-order chi connectivity index (χ1) is 14.2. The smallest absolute Gasteiger partial charge is 0.273 e. The van der Waals surface area contributed by atoms with Crippen LogP contribution in [0.3, 0.4) is 0 Å². The second kappa shape index (κ2) is 7.55. The van der Waals surface area contributed by atoms with Crippen molar-refractivity contribution in [1.82, 2.24) is 9.66 Å². The van der Waals surface area contributed by atoms with Crippen molar-refractivity contribution in [2.24, 2.45) is 0 Å². The second-order valence-electron chi connectivity index (χ2n) is 7.28. The van der Waals surface area contributed by atoms with Gasteiger partial charge in [0.1, 0.15) is 11.6 Å². The molecule has 30 heavy (non-hydrogen) atoms. The molecule has 0 unspecified atom stereocenters. The third-order valence-corrected chi connectivity index (χ3v) is 4.96. The van der Waals surface area contributed by atoms with Gasteiger partial charge in [-0.2, -0.15) is 13.2 Å². The minimum atomic E-state index is -4.54. The number of nitrogens with one attached hydrogen (secondary N) is 1. The molecule has 0 bridgehead atoms. The number of aromatic nitrogens is 2. The summed E-state index contributed by atoms with van der Waals surface area (Å²) in [6.45, 7) is 0. The molecular formula is C21H17F4N3O2. The Morgan fingerprint density at radius 2 is 1.83 bits per heavy atom. The molecule has 4 rings (SSSR count). The molecule has 1 heterocycles. The Balaban J connectivity index is 1.62. The molecule has 1 aliphatic carbocycles. The molecule has 0 aliphatic heterocycles. The Morgan fingerprint density at radius 1 is 1.13 bits per heavy atom. The van der Waals surface area contributed by atoms with Crippen molar-refractivity contribution in [2.45, 2.75) is 37.8 Å². The molecule has 1 fully saturated rings. The zero-order valence-corrected chi connectivity index (χ0v) is 15.7. The number of alkyl halides is 3. The van der Waals surface area contributed by atoms with E-state index in [0.29, 0.717) is 6.42 Å². The van der Waals surface area contributed by atoms with Crippen molar-refractivity contribution in [3.63, 3.8) is 0 Å². The van der Waals surface area contributed by atoms with Crippen LogP contribution in [0.5, 0.6) is 0 Å². The molecule has 9 heteroatoms. The Bertz CT molecular complexity index is 1170. The van der Waals surface area contributed by atoms with E-state index in [-0.39, 0.29) is 34.9 Å². The topological polar surface area (TPSA) is 64.0 Å². The fourth-order valence-corrected chi connectivity index (χ4v) is 3.19. The lowest BCUT2D eigenvalue weighted by molar-refractivity contribution is -0.137. The standard InChI is InChI=1S/C21H17F4N3O2/c22-15-7-1-12(2-8-15)3-10-18(29)27-28-19(13-4-5-13)26-17-11-14(21(23,24)25)6-9-16(17)20(28)30/h1-2,6-9,11,13H,3-5,10H2,(H,27,29). The van der Waals surface area contributed by atoms with Gasteiger partial charge in [0, 0.05) is 12.3 Å². The van der Waals surface area contributed by atoms with Gasteiger partial charge in [-0.15, -0.1) is 0 Å². The maximum atomic E-state index is 13.0. The highest BCUT2D eigenvalue weighted by Gasteiger charge is 2.33. The van der Waals surface area contributed by atoms with E-state index < -0.39 is 23.2 Å². The summed E-state index contributed by atoms with van der Waals surface area (Å²) in [5.74, 6) is -0.660. The monoisotopic (exact) mass is 419 g/mol. The number of fused-ring (bicyclic) bond motifs is 1. The quantitative estimate of drug-likeness (QED) is 0.633. The number of halogens is 4. The van der Waals surface area contributed by atoms with Crippen LogP contribution in [-0.4, -0.2) is 15.6 Å². The van der Waals surface area contributed by atoms with E-state index in [4.69, 9.17) is 0 Å². The van der Waals surface area contributed by atoms with Gasteiger partial charge in [-0.1, -0.05) is 12.1 Å². The second-order valence-corrected chi connectivity index (χ2v) is 7.28. The normalized spacial score (nSPS) is 14.1. The van der Waals surface area contributed by atoms with Gasteiger partial charge < -0.3 is 0 Å². The van der Waals surface area contributed by atoms with Crippen LogP contribution in [-0.2, 0) is 17.4 Å². The highest BCUT2D eigenvalue weighted by Crippen LogP contribution is 2.39. The fourth-order valence-electron chi connectivity index (χ4n) is 3.19. The molecule has 0 spiro atoms.